The van der Waals surface area contributed by atoms with E-state index in [1.807, 2.05) is 0 Å². The molecule has 0 radical (unpaired) electrons. The number of phenols is 1. The van der Waals surface area contributed by atoms with Crippen LogP contribution in [-0.2, 0) is 13.6 Å². The van der Waals surface area contributed by atoms with Crippen LogP contribution in [0.2, 0.25) is 0 Å². The number of aromatic hydroxyl groups is 1. The second kappa shape index (κ2) is 10.4. The number of anilines is 1. The Morgan fingerprint density at radius 2 is 1.63 bits per heavy atom. The lowest BCUT2D eigenvalue weighted by Crippen LogP contribution is -2.10. The van der Waals surface area contributed by atoms with Gasteiger partial charge < -0.3 is 28.9 Å². The van der Waals surface area contributed by atoms with Gasteiger partial charge in [-0.05, 0) is 45.4 Å². The number of ether oxygens (including phenoxy) is 2. The van der Waals surface area contributed by atoms with Crippen LogP contribution in [0.3, 0.4) is 0 Å². The Balaban J connectivity index is 2.67. The predicted octanol–water partition coefficient (Wildman–Crippen LogP) is 4.65. The van der Waals surface area contributed by atoms with Gasteiger partial charge in [0.1, 0.15) is 5.82 Å². The van der Waals surface area contributed by atoms with E-state index in [0.717, 1.165) is 0 Å². The molecule has 30 heavy (non-hydrogen) atoms. The monoisotopic (exact) mass is 437 g/mol. The predicted molar refractivity (Wildman–Crippen MR) is 115 cm³/mol. The minimum absolute atomic E-state index is 0.149. The molecule has 0 bridgehead atoms. The van der Waals surface area contributed by atoms with Crippen molar-refractivity contribution in [2.24, 2.45) is 0 Å². The van der Waals surface area contributed by atoms with E-state index < -0.39 is 7.60 Å². The zero-order chi connectivity index (χ0) is 22.3. The molecule has 0 aliphatic rings. The molecule has 2 N–H and O–H groups in total. The molecule has 0 unspecified atom stereocenters. The van der Waals surface area contributed by atoms with Crippen molar-refractivity contribution in [2.45, 2.75) is 39.9 Å². The lowest BCUT2D eigenvalue weighted by Gasteiger charge is -2.26. The number of nitrogens with one attached hydrogen (secondary N) is 1. The molecule has 0 aliphatic heterocycles. The first-order valence-electron chi connectivity index (χ1n) is 9.35. The quantitative estimate of drug-likeness (QED) is 0.513. The molecule has 0 spiro atoms. The van der Waals surface area contributed by atoms with E-state index in [1.165, 1.54) is 44.9 Å². The molecule has 10 heteroatoms. The average Bonchev–Trinajstić information content (AvgIpc) is 2.68. The molecular weight excluding hydrogens is 409 g/mol. The molecule has 1 heterocycles. The largest absolute Gasteiger partial charge is 0.502 e. The maximum absolute atomic E-state index is 13.9. The Bertz CT molecular complexity index is 879. The van der Waals surface area contributed by atoms with Crippen molar-refractivity contribution >= 4 is 18.7 Å². The molecular formula is C20H28N3O6P. The van der Waals surface area contributed by atoms with Crippen molar-refractivity contribution in [2.75, 3.05) is 19.5 Å². The number of benzene rings is 1. The second-order valence-corrected chi connectivity index (χ2v) is 8.70. The van der Waals surface area contributed by atoms with Crippen LogP contribution in [0.4, 0.5) is 5.82 Å². The number of hydrogen-bond donors (Lipinski definition) is 2. The highest BCUT2D eigenvalue weighted by Gasteiger charge is 2.35. The van der Waals surface area contributed by atoms with Crippen LogP contribution >= 0.6 is 7.60 Å². The molecule has 0 aliphatic carbocycles. The van der Waals surface area contributed by atoms with Gasteiger partial charge in [-0.1, -0.05) is 0 Å². The van der Waals surface area contributed by atoms with Gasteiger partial charge in [0.15, 0.2) is 11.5 Å². The maximum atomic E-state index is 13.9. The Kier molecular flexibility index (Phi) is 8.23. The minimum Gasteiger partial charge on any atom is -0.502 e. The molecule has 2 aromatic rings. The van der Waals surface area contributed by atoms with Gasteiger partial charge in [0, 0.05) is 18.6 Å². The molecule has 0 fully saturated rings. The lowest BCUT2D eigenvalue weighted by atomic mass is 10.1. The van der Waals surface area contributed by atoms with Gasteiger partial charge in [0.05, 0.1) is 37.9 Å². The fourth-order valence-corrected chi connectivity index (χ4v) is 4.63. The van der Waals surface area contributed by atoms with Crippen molar-refractivity contribution in [3.63, 3.8) is 0 Å². The number of aromatic nitrogens is 2. The molecule has 0 saturated carbocycles. The van der Waals surface area contributed by atoms with E-state index in [2.05, 4.69) is 15.3 Å². The van der Waals surface area contributed by atoms with E-state index >= 15 is 0 Å². The molecule has 1 aromatic carbocycles. The summed E-state index contributed by atoms with van der Waals surface area (Å²) in [5.41, 5.74) is 0.419. The smallest absolute Gasteiger partial charge is 0.363 e. The highest BCUT2D eigenvalue weighted by atomic mass is 31.2. The van der Waals surface area contributed by atoms with E-state index in [1.54, 1.807) is 33.9 Å². The van der Waals surface area contributed by atoms with Crippen LogP contribution in [0, 0.1) is 0 Å². The van der Waals surface area contributed by atoms with Crippen LogP contribution in [0.25, 0.3) is 5.31 Å². The van der Waals surface area contributed by atoms with Crippen LogP contribution in [-0.4, -0.2) is 41.5 Å². The zero-order valence-electron chi connectivity index (χ0n) is 17.9. The summed E-state index contributed by atoms with van der Waals surface area (Å²) < 4.78 is 35.9. The van der Waals surface area contributed by atoms with Crippen LogP contribution in [0.1, 0.15) is 33.3 Å². The van der Waals surface area contributed by atoms with Crippen molar-refractivity contribution in [1.29, 1.82) is 0 Å². The first-order chi connectivity index (χ1) is 14.2. The number of rotatable bonds is 10. The van der Waals surface area contributed by atoms with Gasteiger partial charge >= 0.3 is 7.60 Å². The van der Waals surface area contributed by atoms with E-state index in [0.29, 0.717) is 11.4 Å². The van der Waals surface area contributed by atoms with Crippen molar-refractivity contribution in [3.8, 4) is 17.2 Å². The highest BCUT2D eigenvalue weighted by Crippen LogP contribution is 2.62. The summed E-state index contributed by atoms with van der Waals surface area (Å²) in [4.78, 5) is 8.15. The highest BCUT2D eigenvalue weighted by molar-refractivity contribution is 7.65. The normalized spacial score (nSPS) is 12.3. The van der Waals surface area contributed by atoms with Crippen molar-refractivity contribution in [1.82, 2.24) is 9.97 Å². The van der Waals surface area contributed by atoms with E-state index in [-0.39, 0.29) is 34.8 Å². The molecule has 9 nitrogen and oxygen atoms in total. The Labute approximate surface area is 176 Å². The first kappa shape index (κ1) is 23.7. The van der Waals surface area contributed by atoms with Gasteiger partial charge in [-0.15, -0.1) is 0 Å². The number of methoxy groups -OCH3 is 2. The second-order valence-electron chi connectivity index (χ2n) is 6.80. The van der Waals surface area contributed by atoms with Gasteiger partial charge in [-0.2, -0.15) is 0 Å². The van der Waals surface area contributed by atoms with E-state index in [9.17, 15) is 9.67 Å². The maximum Gasteiger partial charge on any atom is 0.363 e. The number of hydrogen-bond acceptors (Lipinski definition) is 9. The van der Waals surface area contributed by atoms with Gasteiger partial charge in [-0.3, -0.25) is 9.55 Å². The third-order valence-electron chi connectivity index (χ3n) is 3.69. The number of nitrogens with zero attached hydrogens (tertiary/aromatic N) is 2. The van der Waals surface area contributed by atoms with Crippen LogP contribution in [0.5, 0.6) is 17.2 Å². The van der Waals surface area contributed by atoms with Gasteiger partial charge in [0.25, 0.3) is 0 Å². The van der Waals surface area contributed by atoms with E-state index in [4.69, 9.17) is 18.5 Å². The van der Waals surface area contributed by atoms with Crippen molar-refractivity contribution in [3.05, 3.63) is 42.5 Å². The van der Waals surface area contributed by atoms with Crippen molar-refractivity contribution < 1.29 is 28.2 Å². The molecule has 0 saturated heterocycles. The first-order valence-corrected chi connectivity index (χ1v) is 10.9. The molecule has 0 amide bonds. The molecule has 164 valence electrons. The fourth-order valence-electron chi connectivity index (χ4n) is 2.57. The third kappa shape index (κ3) is 5.95. The van der Waals surface area contributed by atoms with Crippen LogP contribution < -0.4 is 14.8 Å². The standard InChI is InChI=1S/C20H28N3O6P/c1-13(2)28-30(25,29-14(3)4)18(11-23-19-12-21-7-8-22-19)15-9-16(26-5)20(24)17(10-15)27-6/h7-14,24H,1-6H3,(H,22,23)/b18-11-. The summed E-state index contributed by atoms with van der Waals surface area (Å²) in [5.74, 6) is 0.563. The van der Waals surface area contributed by atoms with Gasteiger partial charge in [-0.25, -0.2) is 4.98 Å². The summed E-state index contributed by atoms with van der Waals surface area (Å²) in [7, 11) is -0.997. The van der Waals surface area contributed by atoms with Crippen LogP contribution in [0.15, 0.2) is 36.9 Å². The molecule has 2 rings (SSSR count). The summed E-state index contributed by atoms with van der Waals surface area (Å²) >= 11 is 0. The summed E-state index contributed by atoms with van der Waals surface area (Å²) in [6, 6.07) is 3.06. The zero-order valence-corrected chi connectivity index (χ0v) is 18.8. The lowest BCUT2D eigenvalue weighted by molar-refractivity contribution is 0.150. The average molecular weight is 437 g/mol. The minimum atomic E-state index is -3.82. The Hall–Kier alpha value is -2.61. The summed E-state index contributed by atoms with van der Waals surface area (Å²) in [6.07, 6.45) is 5.31. The topological polar surface area (TPSA) is 112 Å². The van der Waals surface area contributed by atoms with Gasteiger partial charge in [0.2, 0.25) is 5.75 Å². The Morgan fingerprint density at radius 1 is 1.07 bits per heavy atom. The Morgan fingerprint density at radius 3 is 2.07 bits per heavy atom. The summed E-state index contributed by atoms with van der Waals surface area (Å²) in [5, 5.41) is 13.4. The molecule has 0 atom stereocenters. The molecule has 1 aromatic heterocycles. The fraction of sp³-hybridized carbons (Fsp3) is 0.400. The number of phenolic OH excluding ortho intramolecular Hbond substituents is 1. The third-order valence-corrected chi connectivity index (χ3v) is 6.07. The summed E-state index contributed by atoms with van der Waals surface area (Å²) in [6.45, 7) is 7.06. The SMILES string of the molecule is COc1cc(/C(=C/Nc2cnccn2)P(=O)(OC(C)C)OC(C)C)cc(OC)c1O.